The Morgan fingerprint density at radius 1 is 1.36 bits per heavy atom. The predicted octanol–water partition coefficient (Wildman–Crippen LogP) is 2.89. The Morgan fingerprint density at radius 2 is 2.09 bits per heavy atom. The number of aryl methyl sites for hydroxylation is 1. The van der Waals surface area contributed by atoms with Gasteiger partial charge in [-0.2, -0.15) is 0 Å². The molecule has 60 valence electrons. The summed E-state index contributed by atoms with van der Waals surface area (Å²) in [6, 6.07) is 6.12. The number of hydrogen-bond acceptors (Lipinski definition) is 2. The van der Waals surface area contributed by atoms with Gasteiger partial charge in [-0.05, 0) is 19.1 Å². The van der Waals surface area contributed by atoms with Crippen LogP contribution in [0.2, 0.25) is 0 Å². The van der Waals surface area contributed by atoms with Crippen molar-refractivity contribution < 1.29 is 0 Å². The van der Waals surface area contributed by atoms with Crippen LogP contribution in [0.1, 0.15) is 19.5 Å². The van der Waals surface area contributed by atoms with Crippen molar-refractivity contribution in [2.75, 3.05) is 0 Å². The third kappa shape index (κ3) is 2.93. The monoisotopic (exact) mass is 167 g/mol. The predicted molar refractivity (Wildman–Crippen MR) is 50.0 cm³/mol. The lowest BCUT2D eigenvalue weighted by Crippen LogP contribution is -1.89. The van der Waals surface area contributed by atoms with Crippen LogP contribution < -0.4 is 0 Å². The van der Waals surface area contributed by atoms with Crippen molar-refractivity contribution in [2.45, 2.75) is 31.0 Å². The molecule has 0 aromatic carbocycles. The molecule has 2 heteroatoms. The first kappa shape index (κ1) is 8.60. The molecule has 1 aromatic rings. The molecule has 0 spiro atoms. The summed E-state index contributed by atoms with van der Waals surface area (Å²) in [5, 5.41) is 1.74. The zero-order valence-electron chi connectivity index (χ0n) is 7.16. The molecule has 0 unspecified atom stereocenters. The van der Waals surface area contributed by atoms with Crippen LogP contribution in [0, 0.1) is 6.92 Å². The van der Waals surface area contributed by atoms with E-state index in [9.17, 15) is 0 Å². The topological polar surface area (TPSA) is 12.9 Å². The van der Waals surface area contributed by atoms with Crippen molar-refractivity contribution in [1.82, 2.24) is 4.98 Å². The second-order valence-electron chi connectivity index (χ2n) is 2.78. The molecule has 1 rings (SSSR count). The van der Waals surface area contributed by atoms with Gasteiger partial charge in [-0.1, -0.05) is 19.9 Å². The summed E-state index contributed by atoms with van der Waals surface area (Å²) in [5.74, 6) is 0. The molecular formula is C9H13NS. The molecule has 0 bridgehead atoms. The molecule has 0 amide bonds. The second kappa shape index (κ2) is 3.77. The van der Waals surface area contributed by atoms with Gasteiger partial charge in [0.2, 0.25) is 0 Å². The van der Waals surface area contributed by atoms with Gasteiger partial charge in [0, 0.05) is 10.9 Å². The molecule has 1 aromatic heterocycles. The second-order valence-corrected chi connectivity index (χ2v) is 4.38. The first-order valence-electron chi connectivity index (χ1n) is 3.79. The SMILES string of the molecule is Cc1cccc(SC(C)C)n1. The number of hydrogen-bond donors (Lipinski definition) is 0. The van der Waals surface area contributed by atoms with Crippen LogP contribution in [-0.4, -0.2) is 10.2 Å². The number of aromatic nitrogens is 1. The normalized spacial score (nSPS) is 10.5. The van der Waals surface area contributed by atoms with Crippen LogP contribution in [0.3, 0.4) is 0 Å². The highest BCUT2D eigenvalue weighted by atomic mass is 32.2. The van der Waals surface area contributed by atoms with Gasteiger partial charge in [0.05, 0.1) is 5.03 Å². The van der Waals surface area contributed by atoms with E-state index in [-0.39, 0.29) is 0 Å². The number of pyridine rings is 1. The highest BCUT2D eigenvalue weighted by molar-refractivity contribution is 7.99. The molecule has 0 saturated heterocycles. The lowest BCUT2D eigenvalue weighted by atomic mass is 10.4. The first-order valence-corrected chi connectivity index (χ1v) is 4.67. The molecule has 11 heavy (non-hydrogen) atoms. The quantitative estimate of drug-likeness (QED) is 0.628. The van der Waals surface area contributed by atoms with Crippen LogP contribution in [0.15, 0.2) is 23.2 Å². The largest absolute Gasteiger partial charge is 0.247 e. The molecule has 0 fully saturated rings. The highest BCUT2D eigenvalue weighted by Crippen LogP contribution is 2.19. The lowest BCUT2D eigenvalue weighted by molar-refractivity contribution is 1.04. The van der Waals surface area contributed by atoms with Crippen molar-refractivity contribution >= 4 is 11.8 Å². The Labute approximate surface area is 72.2 Å². The van der Waals surface area contributed by atoms with Gasteiger partial charge in [-0.15, -0.1) is 11.8 Å². The average molecular weight is 167 g/mol. The molecule has 0 aliphatic carbocycles. The molecule has 0 aliphatic rings. The fraction of sp³-hybridized carbons (Fsp3) is 0.444. The van der Waals surface area contributed by atoms with Gasteiger partial charge in [0.25, 0.3) is 0 Å². The van der Waals surface area contributed by atoms with Crippen LogP contribution >= 0.6 is 11.8 Å². The van der Waals surface area contributed by atoms with Crippen molar-refractivity contribution in [3.63, 3.8) is 0 Å². The summed E-state index contributed by atoms with van der Waals surface area (Å²) in [5.41, 5.74) is 1.09. The van der Waals surface area contributed by atoms with E-state index in [1.165, 1.54) is 0 Å². The Kier molecular flexibility index (Phi) is 2.94. The van der Waals surface area contributed by atoms with Crippen molar-refractivity contribution in [1.29, 1.82) is 0 Å². The number of nitrogens with zero attached hydrogens (tertiary/aromatic N) is 1. The summed E-state index contributed by atoms with van der Waals surface area (Å²) in [6.07, 6.45) is 0. The third-order valence-electron chi connectivity index (χ3n) is 1.22. The zero-order chi connectivity index (χ0) is 8.27. The number of thioether (sulfide) groups is 1. The molecule has 0 atom stereocenters. The fourth-order valence-corrected chi connectivity index (χ4v) is 1.66. The smallest absolute Gasteiger partial charge is 0.0965 e. The van der Waals surface area contributed by atoms with E-state index in [0.29, 0.717) is 5.25 Å². The van der Waals surface area contributed by atoms with E-state index < -0.39 is 0 Å². The standard InChI is InChI=1S/C9H13NS/c1-7(2)11-9-6-4-5-8(3)10-9/h4-7H,1-3H3. The Bertz CT molecular complexity index is 233. The molecule has 1 nitrogen and oxygen atoms in total. The van der Waals surface area contributed by atoms with Crippen LogP contribution in [0.5, 0.6) is 0 Å². The minimum atomic E-state index is 0.615. The maximum atomic E-state index is 4.38. The summed E-state index contributed by atoms with van der Waals surface area (Å²) in [7, 11) is 0. The van der Waals surface area contributed by atoms with E-state index in [1.807, 2.05) is 19.1 Å². The maximum Gasteiger partial charge on any atom is 0.0965 e. The average Bonchev–Trinajstić information content (AvgIpc) is 1.85. The summed E-state index contributed by atoms with van der Waals surface area (Å²) >= 11 is 1.80. The summed E-state index contributed by atoms with van der Waals surface area (Å²) in [6.45, 7) is 6.37. The van der Waals surface area contributed by atoms with Crippen molar-refractivity contribution in [3.05, 3.63) is 23.9 Å². The minimum Gasteiger partial charge on any atom is -0.247 e. The lowest BCUT2D eigenvalue weighted by Gasteiger charge is -2.03. The van der Waals surface area contributed by atoms with Gasteiger partial charge < -0.3 is 0 Å². The van der Waals surface area contributed by atoms with Crippen LogP contribution in [0.25, 0.3) is 0 Å². The number of rotatable bonds is 2. The van der Waals surface area contributed by atoms with Crippen molar-refractivity contribution in [3.8, 4) is 0 Å². The first-order chi connectivity index (χ1) is 5.18. The Hall–Kier alpha value is -0.500. The van der Waals surface area contributed by atoms with Gasteiger partial charge >= 0.3 is 0 Å². The Balaban J connectivity index is 2.71. The van der Waals surface area contributed by atoms with Gasteiger partial charge in [-0.3, -0.25) is 0 Å². The van der Waals surface area contributed by atoms with E-state index in [2.05, 4.69) is 24.9 Å². The van der Waals surface area contributed by atoms with Gasteiger partial charge in [0.1, 0.15) is 0 Å². The van der Waals surface area contributed by atoms with Crippen molar-refractivity contribution in [2.24, 2.45) is 0 Å². The molecule has 0 saturated carbocycles. The van der Waals surface area contributed by atoms with Crippen LogP contribution in [-0.2, 0) is 0 Å². The van der Waals surface area contributed by atoms with E-state index in [1.54, 1.807) is 11.8 Å². The third-order valence-corrected chi connectivity index (χ3v) is 2.16. The Morgan fingerprint density at radius 3 is 2.64 bits per heavy atom. The maximum absolute atomic E-state index is 4.38. The summed E-state index contributed by atoms with van der Waals surface area (Å²) < 4.78 is 0. The van der Waals surface area contributed by atoms with E-state index in [0.717, 1.165) is 10.7 Å². The molecule has 0 aliphatic heterocycles. The molecular weight excluding hydrogens is 154 g/mol. The molecule has 0 N–H and O–H groups in total. The van der Waals surface area contributed by atoms with Gasteiger partial charge in [-0.25, -0.2) is 4.98 Å². The molecule has 0 radical (unpaired) electrons. The van der Waals surface area contributed by atoms with E-state index in [4.69, 9.17) is 0 Å². The summed E-state index contributed by atoms with van der Waals surface area (Å²) in [4.78, 5) is 4.38. The van der Waals surface area contributed by atoms with E-state index >= 15 is 0 Å². The fourth-order valence-electron chi connectivity index (χ4n) is 0.825. The molecule has 1 heterocycles. The minimum absolute atomic E-state index is 0.615. The zero-order valence-corrected chi connectivity index (χ0v) is 7.98. The highest BCUT2D eigenvalue weighted by Gasteiger charge is 1.98. The van der Waals surface area contributed by atoms with Gasteiger partial charge in [0.15, 0.2) is 0 Å². The van der Waals surface area contributed by atoms with Crippen LogP contribution in [0.4, 0.5) is 0 Å².